The number of hydrogen-bond donors (Lipinski definition) is 0. The zero-order valence-corrected chi connectivity index (χ0v) is 18.6. The number of imidazole rings is 1. The topological polar surface area (TPSA) is 37.2 Å². The van der Waals surface area contributed by atoms with Crippen LogP contribution in [0.25, 0.3) is 16.9 Å². The summed E-state index contributed by atoms with van der Waals surface area (Å²) in [4.78, 5) is 13.8. The van der Waals surface area contributed by atoms with Crippen LogP contribution in [0.3, 0.4) is 0 Å². The molecular weight excluding hydrogens is 402 g/mol. The van der Waals surface area contributed by atoms with Gasteiger partial charge in [0.2, 0.25) is 0 Å². The molecule has 158 valence electrons. The molecule has 0 radical (unpaired) electrons. The summed E-state index contributed by atoms with van der Waals surface area (Å²) in [5.41, 5.74) is 5.76. The number of hydrogen-bond acceptors (Lipinski definition) is 5. The highest BCUT2D eigenvalue weighted by atomic mass is 32.1. The molecule has 0 aliphatic carbocycles. The molecule has 6 heteroatoms. The Morgan fingerprint density at radius 2 is 1.68 bits per heavy atom. The van der Waals surface area contributed by atoms with Crippen LogP contribution in [0, 0.1) is 0 Å². The maximum atomic E-state index is 4.95. The molecule has 4 aromatic rings. The third kappa shape index (κ3) is 4.21. The molecule has 0 unspecified atom stereocenters. The van der Waals surface area contributed by atoms with Crippen molar-refractivity contribution in [3.8, 4) is 16.9 Å². The van der Waals surface area contributed by atoms with Gasteiger partial charge in [-0.05, 0) is 62.6 Å². The summed E-state index contributed by atoms with van der Waals surface area (Å²) in [6.07, 6.45) is 9.51. The van der Waals surface area contributed by atoms with Gasteiger partial charge in [-0.3, -0.25) is 0 Å². The summed E-state index contributed by atoms with van der Waals surface area (Å²) in [6.45, 7) is 5.41. The Bertz CT molecular complexity index is 1090. The van der Waals surface area contributed by atoms with Crippen LogP contribution in [-0.4, -0.2) is 34.2 Å². The first-order valence-electron chi connectivity index (χ1n) is 11.0. The van der Waals surface area contributed by atoms with Gasteiger partial charge in [0, 0.05) is 60.0 Å². The molecule has 1 aliphatic rings. The van der Waals surface area contributed by atoms with Gasteiger partial charge < -0.3 is 14.4 Å². The van der Waals surface area contributed by atoms with Crippen LogP contribution in [0.15, 0.2) is 72.6 Å². The minimum absolute atomic E-state index is 0.885. The summed E-state index contributed by atoms with van der Waals surface area (Å²) >= 11 is 1.70. The van der Waals surface area contributed by atoms with Crippen LogP contribution in [0.1, 0.15) is 26.2 Å². The van der Waals surface area contributed by atoms with E-state index in [2.05, 4.69) is 75.6 Å². The molecule has 0 saturated carbocycles. The normalized spacial score (nSPS) is 14.0. The van der Waals surface area contributed by atoms with Crippen molar-refractivity contribution in [1.29, 1.82) is 0 Å². The van der Waals surface area contributed by atoms with E-state index in [1.807, 2.05) is 17.1 Å². The molecule has 2 aromatic carbocycles. The fraction of sp³-hybridized carbons (Fsp3) is 0.280. The van der Waals surface area contributed by atoms with Gasteiger partial charge >= 0.3 is 0 Å². The van der Waals surface area contributed by atoms with Crippen molar-refractivity contribution in [2.75, 3.05) is 29.4 Å². The lowest BCUT2D eigenvalue weighted by atomic mass is 10.1. The van der Waals surface area contributed by atoms with Crippen molar-refractivity contribution in [2.24, 2.45) is 0 Å². The van der Waals surface area contributed by atoms with Crippen molar-refractivity contribution in [3.05, 3.63) is 72.6 Å². The lowest BCUT2D eigenvalue weighted by molar-refractivity contribution is 0.578. The predicted octanol–water partition coefficient (Wildman–Crippen LogP) is 6.14. The molecule has 0 N–H and O–H groups in total. The average Bonchev–Trinajstić information content (AvgIpc) is 3.54. The lowest BCUT2D eigenvalue weighted by Crippen LogP contribution is -2.29. The highest BCUT2D eigenvalue weighted by Crippen LogP contribution is 2.33. The van der Waals surface area contributed by atoms with Gasteiger partial charge in [0.05, 0.1) is 12.0 Å². The lowest BCUT2D eigenvalue weighted by Gasteiger charge is -2.29. The van der Waals surface area contributed by atoms with E-state index in [1.54, 1.807) is 17.5 Å². The average molecular weight is 430 g/mol. The molecule has 3 heterocycles. The van der Waals surface area contributed by atoms with Gasteiger partial charge in [-0.2, -0.15) is 0 Å². The quantitative estimate of drug-likeness (QED) is 0.369. The standard InChI is InChI=1S/C25H27N5S/c1-2-30(23-12-10-21(11-13-23)28-15-4-3-5-16-28)25-27-24(18-31-25)20-6-8-22(9-7-20)29-17-14-26-19-29/h6-14,17-19H,2-5,15-16H2,1H3. The van der Waals surface area contributed by atoms with E-state index in [0.717, 1.165) is 28.6 Å². The Hall–Kier alpha value is -3.12. The first-order chi connectivity index (χ1) is 15.3. The van der Waals surface area contributed by atoms with E-state index >= 15 is 0 Å². The van der Waals surface area contributed by atoms with E-state index in [9.17, 15) is 0 Å². The number of benzene rings is 2. The Balaban J connectivity index is 1.34. The zero-order valence-electron chi connectivity index (χ0n) is 17.8. The predicted molar refractivity (Wildman–Crippen MR) is 130 cm³/mol. The largest absolute Gasteiger partial charge is 0.372 e. The summed E-state index contributed by atoms with van der Waals surface area (Å²) in [7, 11) is 0. The summed E-state index contributed by atoms with van der Waals surface area (Å²) in [5.74, 6) is 0. The minimum Gasteiger partial charge on any atom is -0.372 e. The molecule has 0 bridgehead atoms. The number of aromatic nitrogens is 3. The Morgan fingerprint density at radius 3 is 2.35 bits per heavy atom. The van der Waals surface area contributed by atoms with Gasteiger partial charge in [-0.15, -0.1) is 11.3 Å². The Kier molecular flexibility index (Phi) is 5.71. The first kappa shape index (κ1) is 19.8. The third-order valence-corrected chi connectivity index (χ3v) is 6.75. The molecule has 5 rings (SSSR count). The summed E-state index contributed by atoms with van der Waals surface area (Å²) < 4.78 is 2.00. The van der Waals surface area contributed by atoms with Crippen LogP contribution >= 0.6 is 11.3 Å². The molecule has 2 aromatic heterocycles. The zero-order chi connectivity index (χ0) is 21.0. The molecule has 1 fully saturated rings. The Morgan fingerprint density at radius 1 is 0.935 bits per heavy atom. The molecule has 31 heavy (non-hydrogen) atoms. The highest BCUT2D eigenvalue weighted by molar-refractivity contribution is 7.14. The molecule has 0 spiro atoms. The van der Waals surface area contributed by atoms with Crippen LogP contribution < -0.4 is 9.80 Å². The highest BCUT2D eigenvalue weighted by Gasteiger charge is 2.15. The fourth-order valence-electron chi connectivity index (χ4n) is 4.16. The molecule has 0 atom stereocenters. The Labute approximate surface area is 187 Å². The van der Waals surface area contributed by atoms with Gasteiger partial charge in [0.1, 0.15) is 0 Å². The molecular formula is C25H27N5S. The van der Waals surface area contributed by atoms with Gasteiger partial charge in [-0.25, -0.2) is 9.97 Å². The second kappa shape index (κ2) is 8.94. The number of piperidine rings is 1. The minimum atomic E-state index is 0.885. The van der Waals surface area contributed by atoms with Crippen LogP contribution in [0.2, 0.25) is 0 Å². The summed E-state index contributed by atoms with van der Waals surface area (Å²) in [5, 5.41) is 3.17. The smallest absolute Gasteiger partial charge is 0.190 e. The SMILES string of the molecule is CCN(c1ccc(N2CCCCC2)cc1)c1nc(-c2ccc(-n3ccnc3)cc2)cs1. The number of rotatable bonds is 6. The van der Waals surface area contributed by atoms with Crippen molar-refractivity contribution in [2.45, 2.75) is 26.2 Å². The number of anilines is 3. The second-order valence-electron chi connectivity index (χ2n) is 7.84. The fourth-order valence-corrected chi connectivity index (χ4v) is 5.08. The van der Waals surface area contributed by atoms with Crippen molar-refractivity contribution >= 4 is 27.8 Å². The van der Waals surface area contributed by atoms with Gasteiger partial charge in [-0.1, -0.05) is 12.1 Å². The van der Waals surface area contributed by atoms with Crippen LogP contribution in [-0.2, 0) is 0 Å². The number of nitrogens with zero attached hydrogens (tertiary/aromatic N) is 5. The maximum Gasteiger partial charge on any atom is 0.190 e. The van der Waals surface area contributed by atoms with E-state index in [-0.39, 0.29) is 0 Å². The molecule has 0 amide bonds. The third-order valence-electron chi connectivity index (χ3n) is 5.89. The second-order valence-corrected chi connectivity index (χ2v) is 8.68. The van der Waals surface area contributed by atoms with Crippen molar-refractivity contribution < 1.29 is 0 Å². The first-order valence-corrected chi connectivity index (χ1v) is 11.9. The van der Waals surface area contributed by atoms with Crippen molar-refractivity contribution in [1.82, 2.24) is 14.5 Å². The number of thiazole rings is 1. The van der Waals surface area contributed by atoms with E-state index in [1.165, 1.54) is 43.7 Å². The van der Waals surface area contributed by atoms with E-state index < -0.39 is 0 Å². The summed E-state index contributed by atoms with van der Waals surface area (Å²) in [6, 6.07) is 17.4. The molecule has 1 aliphatic heterocycles. The monoisotopic (exact) mass is 429 g/mol. The van der Waals surface area contributed by atoms with Crippen LogP contribution in [0.5, 0.6) is 0 Å². The van der Waals surface area contributed by atoms with E-state index in [4.69, 9.17) is 4.98 Å². The van der Waals surface area contributed by atoms with Crippen LogP contribution in [0.4, 0.5) is 16.5 Å². The van der Waals surface area contributed by atoms with Gasteiger partial charge in [0.15, 0.2) is 5.13 Å². The van der Waals surface area contributed by atoms with E-state index in [0.29, 0.717) is 0 Å². The van der Waals surface area contributed by atoms with Gasteiger partial charge in [0.25, 0.3) is 0 Å². The molecule has 1 saturated heterocycles. The maximum absolute atomic E-state index is 4.95. The van der Waals surface area contributed by atoms with Crippen molar-refractivity contribution in [3.63, 3.8) is 0 Å². The molecule has 5 nitrogen and oxygen atoms in total.